The standard InChI is InChI=1S/C25H24N4O2S/c1-18-6-10-23(11-7-18)32(30,31)29-15-13-22(17-29)27-25-26-14-12-24(28-25)21-9-8-19-4-2-3-5-20(19)16-21/h2-12,14,16,22H,13,15,17H2,1H3,(H,26,27,28)/t22-/m1/s1. The molecule has 0 radical (unpaired) electrons. The van der Waals surface area contributed by atoms with E-state index in [0.29, 0.717) is 30.4 Å². The van der Waals surface area contributed by atoms with Gasteiger partial charge >= 0.3 is 0 Å². The highest BCUT2D eigenvalue weighted by molar-refractivity contribution is 7.89. The molecule has 6 nitrogen and oxygen atoms in total. The highest BCUT2D eigenvalue weighted by Crippen LogP contribution is 2.25. The minimum absolute atomic E-state index is 0.0397. The van der Waals surface area contributed by atoms with E-state index in [1.807, 2.05) is 37.3 Å². The van der Waals surface area contributed by atoms with Gasteiger partial charge in [0.1, 0.15) is 0 Å². The average molecular weight is 445 g/mol. The Kier molecular flexibility index (Phi) is 5.36. The molecule has 3 aromatic carbocycles. The van der Waals surface area contributed by atoms with E-state index >= 15 is 0 Å². The van der Waals surface area contributed by atoms with Gasteiger partial charge in [0.15, 0.2) is 0 Å². The lowest BCUT2D eigenvalue weighted by Crippen LogP contribution is -2.32. The molecule has 1 aliphatic heterocycles. The topological polar surface area (TPSA) is 75.2 Å². The highest BCUT2D eigenvalue weighted by Gasteiger charge is 2.32. The van der Waals surface area contributed by atoms with Crippen molar-refractivity contribution >= 4 is 26.7 Å². The summed E-state index contributed by atoms with van der Waals surface area (Å²) < 4.78 is 27.4. The van der Waals surface area contributed by atoms with Crippen LogP contribution in [0.15, 0.2) is 83.9 Å². The van der Waals surface area contributed by atoms with Crippen LogP contribution < -0.4 is 5.32 Å². The average Bonchev–Trinajstić information content (AvgIpc) is 3.28. The van der Waals surface area contributed by atoms with Gasteiger partial charge in [0.2, 0.25) is 16.0 Å². The van der Waals surface area contributed by atoms with Crippen molar-refractivity contribution in [1.82, 2.24) is 14.3 Å². The number of benzene rings is 3. The van der Waals surface area contributed by atoms with Gasteiger partial charge in [-0.25, -0.2) is 18.4 Å². The Balaban J connectivity index is 1.31. The third-order valence-corrected chi connectivity index (χ3v) is 7.72. The van der Waals surface area contributed by atoms with E-state index in [-0.39, 0.29) is 6.04 Å². The molecule has 32 heavy (non-hydrogen) atoms. The monoisotopic (exact) mass is 444 g/mol. The van der Waals surface area contributed by atoms with E-state index in [2.05, 4.69) is 45.6 Å². The zero-order chi connectivity index (χ0) is 22.1. The Hall–Kier alpha value is -3.29. The maximum Gasteiger partial charge on any atom is 0.243 e. The van der Waals surface area contributed by atoms with E-state index < -0.39 is 10.0 Å². The fraction of sp³-hybridized carbons (Fsp3) is 0.200. The van der Waals surface area contributed by atoms with Crippen molar-refractivity contribution in [2.75, 3.05) is 18.4 Å². The van der Waals surface area contributed by atoms with Crippen LogP contribution in [0.4, 0.5) is 5.95 Å². The minimum atomic E-state index is -3.50. The Labute approximate surface area is 188 Å². The van der Waals surface area contributed by atoms with Crippen LogP contribution in [-0.4, -0.2) is 41.8 Å². The molecule has 0 saturated carbocycles. The van der Waals surface area contributed by atoms with Gasteiger partial charge in [0, 0.05) is 30.9 Å². The fourth-order valence-electron chi connectivity index (χ4n) is 4.04. The molecule has 1 aromatic heterocycles. The summed E-state index contributed by atoms with van der Waals surface area (Å²) >= 11 is 0. The fourth-order valence-corrected chi connectivity index (χ4v) is 5.54. The summed E-state index contributed by atoms with van der Waals surface area (Å²) in [6.45, 7) is 2.80. The number of hydrogen-bond donors (Lipinski definition) is 1. The molecule has 0 spiro atoms. The van der Waals surface area contributed by atoms with Gasteiger partial charge in [-0.1, -0.05) is 54.1 Å². The van der Waals surface area contributed by atoms with Crippen LogP contribution in [0.1, 0.15) is 12.0 Å². The highest BCUT2D eigenvalue weighted by atomic mass is 32.2. The third-order valence-electron chi connectivity index (χ3n) is 5.84. The van der Waals surface area contributed by atoms with Gasteiger partial charge < -0.3 is 5.32 Å². The number of nitrogens with zero attached hydrogens (tertiary/aromatic N) is 3. The van der Waals surface area contributed by atoms with E-state index in [1.165, 1.54) is 9.69 Å². The van der Waals surface area contributed by atoms with Crippen LogP contribution in [-0.2, 0) is 10.0 Å². The number of nitrogens with one attached hydrogen (secondary N) is 1. The van der Waals surface area contributed by atoms with E-state index in [4.69, 9.17) is 0 Å². The molecule has 0 bridgehead atoms. The van der Waals surface area contributed by atoms with Crippen LogP contribution in [0.25, 0.3) is 22.0 Å². The van der Waals surface area contributed by atoms with Crippen LogP contribution in [0.5, 0.6) is 0 Å². The Bertz CT molecular complexity index is 1370. The molecular weight excluding hydrogens is 420 g/mol. The van der Waals surface area contributed by atoms with E-state index in [9.17, 15) is 8.42 Å². The lowest BCUT2D eigenvalue weighted by molar-refractivity contribution is 0.474. The normalized spacial score (nSPS) is 17.0. The first-order chi connectivity index (χ1) is 15.5. The first-order valence-corrected chi connectivity index (χ1v) is 12.1. The molecule has 1 N–H and O–H groups in total. The van der Waals surface area contributed by atoms with Crippen molar-refractivity contribution in [2.45, 2.75) is 24.3 Å². The van der Waals surface area contributed by atoms with Crippen molar-refractivity contribution < 1.29 is 8.42 Å². The second kappa shape index (κ2) is 8.33. The van der Waals surface area contributed by atoms with Crippen LogP contribution >= 0.6 is 0 Å². The number of aryl methyl sites for hydroxylation is 1. The minimum Gasteiger partial charge on any atom is -0.350 e. The van der Waals surface area contributed by atoms with E-state index in [1.54, 1.807) is 18.3 Å². The Morgan fingerprint density at radius 2 is 1.75 bits per heavy atom. The van der Waals surface area contributed by atoms with Gasteiger partial charge in [0.25, 0.3) is 0 Å². The molecule has 162 valence electrons. The summed E-state index contributed by atoms with van der Waals surface area (Å²) in [5, 5.41) is 5.67. The summed E-state index contributed by atoms with van der Waals surface area (Å²) in [5.41, 5.74) is 2.88. The molecule has 0 amide bonds. The van der Waals surface area contributed by atoms with Gasteiger partial charge in [-0.2, -0.15) is 4.31 Å². The molecule has 5 rings (SSSR count). The van der Waals surface area contributed by atoms with Crippen LogP contribution in [0, 0.1) is 6.92 Å². The summed E-state index contributed by atoms with van der Waals surface area (Å²) in [6, 6.07) is 23.3. The summed E-state index contributed by atoms with van der Waals surface area (Å²) in [5.74, 6) is 0.509. The van der Waals surface area contributed by atoms with Crippen molar-refractivity contribution in [1.29, 1.82) is 0 Å². The van der Waals surface area contributed by atoms with Gasteiger partial charge in [-0.3, -0.25) is 0 Å². The number of rotatable bonds is 5. The summed E-state index contributed by atoms with van der Waals surface area (Å²) in [7, 11) is -3.50. The largest absolute Gasteiger partial charge is 0.350 e. The number of hydrogen-bond acceptors (Lipinski definition) is 5. The molecule has 0 unspecified atom stereocenters. The number of aromatic nitrogens is 2. The van der Waals surface area contributed by atoms with Gasteiger partial charge in [-0.05, 0) is 48.4 Å². The van der Waals surface area contributed by atoms with Gasteiger partial charge in [-0.15, -0.1) is 0 Å². The number of fused-ring (bicyclic) bond motifs is 1. The molecule has 4 aromatic rings. The third kappa shape index (κ3) is 4.09. The summed E-state index contributed by atoms with van der Waals surface area (Å²) in [4.78, 5) is 9.37. The number of anilines is 1. The van der Waals surface area contributed by atoms with Gasteiger partial charge in [0.05, 0.1) is 10.6 Å². The molecule has 0 aliphatic carbocycles. The van der Waals surface area contributed by atoms with E-state index in [0.717, 1.165) is 22.2 Å². The van der Waals surface area contributed by atoms with Crippen LogP contribution in [0.3, 0.4) is 0 Å². The number of sulfonamides is 1. The Morgan fingerprint density at radius 1 is 0.969 bits per heavy atom. The molecule has 1 atom stereocenters. The second-order valence-electron chi connectivity index (χ2n) is 8.13. The predicted molar refractivity (Wildman–Crippen MR) is 127 cm³/mol. The smallest absolute Gasteiger partial charge is 0.243 e. The zero-order valence-corrected chi connectivity index (χ0v) is 18.6. The first kappa shape index (κ1) is 20.6. The van der Waals surface area contributed by atoms with Crippen molar-refractivity contribution in [2.24, 2.45) is 0 Å². The van der Waals surface area contributed by atoms with Crippen LogP contribution in [0.2, 0.25) is 0 Å². The SMILES string of the molecule is Cc1ccc(S(=O)(=O)N2CC[C@@H](Nc3nccc(-c4ccc5ccccc5c4)n3)C2)cc1. The zero-order valence-electron chi connectivity index (χ0n) is 17.8. The van der Waals surface area contributed by atoms with Crippen molar-refractivity contribution in [3.05, 3.63) is 84.6 Å². The molecular formula is C25H24N4O2S. The maximum atomic E-state index is 13.0. The molecule has 1 fully saturated rings. The van der Waals surface area contributed by atoms with Crippen molar-refractivity contribution in [3.8, 4) is 11.3 Å². The maximum absolute atomic E-state index is 13.0. The lowest BCUT2D eigenvalue weighted by Gasteiger charge is -2.17. The predicted octanol–water partition coefficient (Wildman–Crippen LogP) is 4.48. The molecule has 1 saturated heterocycles. The van der Waals surface area contributed by atoms with Crippen molar-refractivity contribution in [3.63, 3.8) is 0 Å². The Morgan fingerprint density at radius 3 is 2.56 bits per heavy atom. The molecule has 7 heteroatoms. The lowest BCUT2D eigenvalue weighted by atomic mass is 10.1. The second-order valence-corrected chi connectivity index (χ2v) is 10.1. The molecule has 1 aliphatic rings. The first-order valence-electron chi connectivity index (χ1n) is 10.6. The molecule has 2 heterocycles. The summed E-state index contributed by atoms with van der Waals surface area (Å²) in [6.07, 6.45) is 2.43. The quantitative estimate of drug-likeness (QED) is 0.491.